The standard InChI is InChI=1S/C29H31BrN2O6/c1-3-12-31(20-11-10-18-8-5-6-9-19(18)16-20)27(35)25-29-17-21(30)24(38-29)22(28(36)37-15-4-2)23(29)26(34)32(25)13-7-14-33/h3-6,8-11,16,21-25,33H,1-2,7,12-15,17H2/t21?,22-,23+,24-,25?,29?/m1/s1. The average molecular weight is 583 g/mol. The summed E-state index contributed by atoms with van der Waals surface area (Å²) in [4.78, 5) is 44.4. The molecule has 0 aromatic heterocycles. The number of amides is 2. The van der Waals surface area contributed by atoms with Crippen LogP contribution in [-0.4, -0.2) is 76.7 Å². The topological polar surface area (TPSA) is 96.4 Å². The van der Waals surface area contributed by atoms with Crippen LogP contribution in [0, 0.1) is 11.8 Å². The van der Waals surface area contributed by atoms with Gasteiger partial charge in [-0.1, -0.05) is 65.0 Å². The van der Waals surface area contributed by atoms with Gasteiger partial charge in [0.15, 0.2) is 0 Å². The fourth-order valence-electron chi connectivity index (χ4n) is 6.34. The van der Waals surface area contributed by atoms with E-state index in [0.29, 0.717) is 18.5 Å². The number of carbonyl (C=O) groups excluding carboxylic acids is 3. The number of rotatable bonds is 10. The Bertz CT molecular complexity index is 1280. The third-order valence-electron chi connectivity index (χ3n) is 7.82. The Balaban J connectivity index is 1.57. The van der Waals surface area contributed by atoms with Crippen molar-refractivity contribution in [3.63, 3.8) is 0 Å². The summed E-state index contributed by atoms with van der Waals surface area (Å²) in [7, 11) is 0. The number of esters is 1. The number of alkyl halides is 1. The van der Waals surface area contributed by atoms with Gasteiger partial charge in [0.05, 0.1) is 17.9 Å². The van der Waals surface area contributed by atoms with Gasteiger partial charge in [-0.15, -0.1) is 6.58 Å². The van der Waals surface area contributed by atoms with Crippen LogP contribution in [0.15, 0.2) is 67.8 Å². The minimum Gasteiger partial charge on any atom is -0.461 e. The lowest BCUT2D eigenvalue weighted by Crippen LogP contribution is -2.57. The molecule has 200 valence electrons. The molecule has 1 N–H and O–H groups in total. The van der Waals surface area contributed by atoms with E-state index in [2.05, 4.69) is 29.1 Å². The summed E-state index contributed by atoms with van der Waals surface area (Å²) in [5.41, 5.74) is -0.524. The lowest BCUT2D eigenvalue weighted by Gasteiger charge is -2.37. The second-order valence-electron chi connectivity index (χ2n) is 9.96. The van der Waals surface area contributed by atoms with Crippen LogP contribution in [-0.2, 0) is 23.9 Å². The van der Waals surface area contributed by atoms with Crippen molar-refractivity contribution in [2.24, 2.45) is 11.8 Å². The molecule has 3 unspecified atom stereocenters. The molecule has 2 aromatic rings. The second kappa shape index (κ2) is 10.6. The third kappa shape index (κ3) is 4.17. The summed E-state index contributed by atoms with van der Waals surface area (Å²) >= 11 is 3.65. The van der Waals surface area contributed by atoms with E-state index in [1.807, 2.05) is 42.5 Å². The molecule has 3 aliphatic heterocycles. The van der Waals surface area contributed by atoms with Crippen LogP contribution in [0.1, 0.15) is 12.8 Å². The Labute approximate surface area is 230 Å². The normalized spacial score (nSPS) is 29.4. The van der Waals surface area contributed by atoms with Gasteiger partial charge >= 0.3 is 5.97 Å². The number of aliphatic hydroxyl groups is 1. The quantitative estimate of drug-likeness (QED) is 0.262. The van der Waals surface area contributed by atoms with Gasteiger partial charge in [0.1, 0.15) is 18.2 Å². The summed E-state index contributed by atoms with van der Waals surface area (Å²) < 4.78 is 11.8. The van der Waals surface area contributed by atoms with Crippen LogP contribution < -0.4 is 4.90 Å². The molecule has 6 atom stereocenters. The molecular weight excluding hydrogens is 552 g/mol. The molecule has 5 rings (SSSR count). The Morgan fingerprint density at radius 1 is 1.21 bits per heavy atom. The van der Waals surface area contributed by atoms with Crippen molar-refractivity contribution in [2.45, 2.75) is 35.4 Å². The Morgan fingerprint density at radius 3 is 2.68 bits per heavy atom. The molecular formula is C29H31BrN2O6. The van der Waals surface area contributed by atoms with E-state index >= 15 is 0 Å². The zero-order valence-corrected chi connectivity index (χ0v) is 22.6. The number of likely N-dealkylation sites (tertiary alicyclic amines) is 1. The molecule has 3 saturated heterocycles. The van der Waals surface area contributed by atoms with Crippen LogP contribution >= 0.6 is 15.9 Å². The van der Waals surface area contributed by atoms with Crippen molar-refractivity contribution in [3.05, 3.63) is 67.8 Å². The number of halogens is 1. The lowest BCUT2D eigenvalue weighted by molar-refractivity contribution is -0.153. The summed E-state index contributed by atoms with van der Waals surface area (Å²) in [6, 6.07) is 12.7. The number of aliphatic hydroxyl groups excluding tert-OH is 1. The van der Waals surface area contributed by atoms with Gasteiger partial charge in [-0.3, -0.25) is 14.4 Å². The van der Waals surface area contributed by atoms with E-state index in [0.717, 1.165) is 10.8 Å². The molecule has 9 heteroatoms. The van der Waals surface area contributed by atoms with Crippen LogP contribution in [0.25, 0.3) is 10.8 Å². The SMILES string of the molecule is C=CCOC(=O)[C@H]1[C@@H]2OC3(CC2Br)C(C(=O)N(CC=C)c2ccc4ccccc4c2)N(CCCO)C(=O)[C@H]13. The summed E-state index contributed by atoms with van der Waals surface area (Å²) in [6.07, 6.45) is 3.21. The first-order valence-electron chi connectivity index (χ1n) is 12.8. The highest BCUT2D eigenvalue weighted by Gasteiger charge is 2.77. The zero-order chi connectivity index (χ0) is 27.0. The summed E-state index contributed by atoms with van der Waals surface area (Å²) in [6.45, 7) is 7.72. The molecule has 2 aromatic carbocycles. The lowest BCUT2D eigenvalue weighted by atomic mass is 9.70. The first-order chi connectivity index (χ1) is 18.4. The van der Waals surface area contributed by atoms with Gasteiger partial charge in [-0.05, 0) is 35.7 Å². The number of hydrogen-bond acceptors (Lipinski definition) is 6. The number of nitrogens with zero attached hydrogens (tertiary/aromatic N) is 2. The molecule has 2 bridgehead atoms. The minimum absolute atomic E-state index is 0.0224. The number of fused-ring (bicyclic) bond motifs is 2. The number of anilines is 1. The molecule has 8 nitrogen and oxygen atoms in total. The Hall–Kier alpha value is -3.01. The van der Waals surface area contributed by atoms with Crippen LogP contribution in [0.4, 0.5) is 5.69 Å². The van der Waals surface area contributed by atoms with Crippen LogP contribution in [0.2, 0.25) is 0 Å². The molecule has 2 amide bonds. The highest BCUT2D eigenvalue weighted by atomic mass is 79.9. The van der Waals surface area contributed by atoms with Crippen molar-refractivity contribution in [2.75, 3.05) is 31.2 Å². The largest absolute Gasteiger partial charge is 0.461 e. The summed E-state index contributed by atoms with van der Waals surface area (Å²) in [5, 5.41) is 11.6. The van der Waals surface area contributed by atoms with Crippen LogP contribution in [0.5, 0.6) is 0 Å². The molecule has 0 radical (unpaired) electrons. The monoisotopic (exact) mass is 582 g/mol. The maximum absolute atomic E-state index is 14.5. The van der Waals surface area contributed by atoms with E-state index in [9.17, 15) is 19.5 Å². The minimum atomic E-state index is -1.20. The van der Waals surface area contributed by atoms with E-state index in [-0.39, 0.29) is 42.9 Å². The zero-order valence-electron chi connectivity index (χ0n) is 21.0. The van der Waals surface area contributed by atoms with E-state index in [1.54, 1.807) is 11.0 Å². The highest BCUT2D eigenvalue weighted by Crippen LogP contribution is 2.60. The van der Waals surface area contributed by atoms with E-state index in [1.165, 1.54) is 11.0 Å². The van der Waals surface area contributed by atoms with Crippen molar-refractivity contribution in [1.82, 2.24) is 4.90 Å². The smallest absolute Gasteiger partial charge is 0.312 e. The van der Waals surface area contributed by atoms with Gasteiger partial charge in [0.25, 0.3) is 5.91 Å². The van der Waals surface area contributed by atoms with Gasteiger partial charge < -0.3 is 24.4 Å². The molecule has 1 spiro atoms. The number of benzene rings is 2. The van der Waals surface area contributed by atoms with E-state index < -0.39 is 35.6 Å². The Morgan fingerprint density at radius 2 is 1.97 bits per heavy atom. The number of hydrogen-bond donors (Lipinski definition) is 1. The maximum atomic E-state index is 14.5. The molecule has 0 aliphatic carbocycles. The fourth-order valence-corrected chi connectivity index (χ4v) is 7.28. The van der Waals surface area contributed by atoms with Gasteiger partial charge in [-0.2, -0.15) is 0 Å². The summed E-state index contributed by atoms with van der Waals surface area (Å²) in [5.74, 6) is -2.87. The number of carbonyl (C=O) groups is 3. The van der Waals surface area contributed by atoms with Gasteiger partial charge in [-0.25, -0.2) is 0 Å². The Kier molecular flexibility index (Phi) is 7.44. The van der Waals surface area contributed by atoms with Crippen molar-refractivity contribution in [3.8, 4) is 0 Å². The molecule has 0 saturated carbocycles. The molecule has 38 heavy (non-hydrogen) atoms. The molecule has 3 fully saturated rings. The van der Waals surface area contributed by atoms with Gasteiger partial charge in [0.2, 0.25) is 5.91 Å². The predicted molar refractivity (Wildman–Crippen MR) is 147 cm³/mol. The van der Waals surface area contributed by atoms with Crippen molar-refractivity contribution >= 4 is 50.2 Å². The highest BCUT2D eigenvalue weighted by molar-refractivity contribution is 9.09. The van der Waals surface area contributed by atoms with Crippen LogP contribution in [0.3, 0.4) is 0 Å². The maximum Gasteiger partial charge on any atom is 0.312 e. The average Bonchev–Trinajstić information content (AvgIpc) is 3.51. The molecule has 3 aliphatic rings. The van der Waals surface area contributed by atoms with Gasteiger partial charge in [0, 0.05) is 30.2 Å². The van der Waals surface area contributed by atoms with Crippen molar-refractivity contribution in [1.29, 1.82) is 0 Å². The second-order valence-corrected chi connectivity index (χ2v) is 11.1. The van der Waals surface area contributed by atoms with E-state index in [4.69, 9.17) is 9.47 Å². The van der Waals surface area contributed by atoms with Crippen molar-refractivity contribution < 1.29 is 29.0 Å². The number of ether oxygens (including phenoxy) is 2. The third-order valence-corrected chi connectivity index (χ3v) is 8.66. The fraction of sp³-hybridized carbons (Fsp3) is 0.414. The molecule has 3 heterocycles. The predicted octanol–water partition coefficient (Wildman–Crippen LogP) is 3.22. The first-order valence-corrected chi connectivity index (χ1v) is 13.7. The first kappa shape index (κ1) is 26.6.